The zero-order valence-electron chi connectivity index (χ0n) is 20.0. The molecule has 2 fully saturated rings. The Bertz CT molecular complexity index is 1020. The van der Waals surface area contributed by atoms with Gasteiger partial charge in [-0.25, -0.2) is 0 Å². The van der Waals surface area contributed by atoms with Crippen LogP contribution in [0.5, 0.6) is 0 Å². The summed E-state index contributed by atoms with van der Waals surface area (Å²) in [6.07, 6.45) is 7.71. The number of carbonyl (C=O) groups is 2. The molecule has 34 heavy (non-hydrogen) atoms. The van der Waals surface area contributed by atoms with E-state index in [1.165, 1.54) is 29.5 Å². The van der Waals surface area contributed by atoms with E-state index in [1.54, 1.807) is 0 Å². The second kappa shape index (κ2) is 10.6. The van der Waals surface area contributed by atoms with Crippen LogP contribution in [0.25, 0.3) is 0 Å². The molecule has 5 heteroatoms. The summed E-state index contributed by atoms with van der Waals surface area (Å²) >= 11 is 6.02. The van der Waals surface area contributed by atoms with Gasteiger partial charge in [0.25, 0.3) is 0 Å². The molecule has 1 aliphatic carbocycles. The molecule has 0 N–H and O–H groups in total. The Kier molecular flexibility index (Phi) is 7.36. The fourth-order valence-electron chi connectivity index (χ4n) is 5.54. The topological polar surface area (TPSA) is 40.6 Å². The summed E-state index contributed by atoms with van der Waals surface area (Å²) < 4.78 is 0. The molecule has 0 bridgehead atoms. The predicted molar refractivity (Wildman–Crippen MR) is 137 cm³/mol. The molecule has 0 radical (unpaired) electrons. The number of hydrogen-bond donors (Lipinski definition) is 0. The zero-order chi connectivity index (χ0) is 23.5. The van der Waals surface area contributed by atoms with Crippen LogP contribution in [0.2, 0.25) is 5.02 Å². The van der Waals surface area contributed by atoms with Gasteiger partial charge >= 0.3 is 0 Å². The summed E-state index contributed by atoms with van der Waals surface area (Å²) in [4.78, 5) is 29.9. The van der Waals surface area contributed by atoms with Crippen LogP contribution >= 0.6 is 11.6 Å². The summed E-state index contributed by atoms with van der Waals surface area (Å²) in [5.74, 6) is 1.47. The zero-order valence-corrected chi connectivity index (χ0v) is 20.7. The van der Waals surface area contributed by atoms with E-state index >= 15 is 0 Å². The van der Waals surface area contributed by atoms with Gasteiger partial charge in [-0.15, -0.1) is 0 Å². The van der Waals surface area contributed by atoms with E-state index in [1.807, 2.05) is 23.1 Å². The van der Waals surface area contributed by atoms with Crippen molar-refractivity contribution in [2.24, 2.45) is 5.92 Å². The minimum absolute atomic E-state index is 0.244. The molecule has 0 atom stereocenters. The van der Waals surface area contributed by atoms with Gasteiger partial charge in [-0.1, -0.05) is 35.9 Å². The van der Waals surface area contributed by atoms with Gasteiger partial charge < -0.3 is 9.80 Å². The van der Waals surface area contributed by atoms with Gasteiger partial charge in [0, 0.05) is 36.0 Å². The third-order valence-corrected chi connectivity index (χ3v) is 8.13. The van der Waals surface area contributed by atoms with Crippen molar-refractivity contribution in [1.29, 1.82) is 0 Å². The number of hydrogen-bond acceptors (Lipinski definition) is 3. The number of likely N-dealkylation sites (tertiary alicyclic amines) is 1. The fourth-order valence-corrected chi connectivity index (χ4v) is 5.67. The third kappa shape index (κ3) is 5.72. The number of ketones is 1. The van der Waals surface area contributed by atoms with Crippen molar-refractivity contribution in [2.75, 3.05) is 32.7 Å². The highest BCUT2D eigenvalue weighted by Crippen LogP contribution is 2.32. The van der Waals surface area contributed by atoms with Gasteiger partial charge in [0.05, 0.1) is 0 Å². The molecule has 0 aromatic heterocycles. The Morgan fingerprint density at radius 2 is 1.56 bits per heavy atom. The fraction of sp³-hybridized carbons (Fsp3) is 0.517. The lowest BCUT2D eigenvalue weighted by Gasteiger charge is -2.32. The average Bonchev–Trinajstić information content (AvgIpc) is 3.72. The molecule has 2 aromatic rings. The van der Waals surface area contributed by atoms with Crippen molar-refractivity contribution in [3.63, 3.8) is 0 Å². The van der Waals surface area contributed by atoms with E-state index in [2.05, 4.69) is 29.2 Å². The molecule has 2 aromatic carbocycles. The SMILES string of the molecule is O=C(CCCN1CCC(c2ccc(Cl)cc2)CC1)c1ccc2c(c1)CCN(C(=O)C1CC1)CC2. The van der Waals surface area contributed by atoms with Crippen molar-refractivity contribution < 1.29 is 9.59 Å². The maximum Gasteiger partial charge on any atom is 0.225 e. The summed E-state index contributed by atoms with van der Waals surface area (Å²) in [6, 6.07) is 14.5. The number of rotatable bonds is 7. The molecule has 1 saturated carbocycles. The molecule has 4 nitrogen and oxygen atoms in total. The first-order valence-electron chi connectivity index (χ1n) is 13.0. The standard InChI is InChI=1S/C29H35ClN2O2/c30-27-9-7-21(8-10-27)23-11-16-31(17-12-23)15-1-2-28(33)26-6-3-22-13-18-32(19-14-25(22)20-26)29(34)24-4-5-24/h3,6-10,20,23-24H,1-2,4-5,11-19H2. The molecular weight excluding hydrogens is 444 g/mol. The number of piperidine rings is 1. The summed E-state index contributed by atoms with van der Waals surface area (Å²) in [6.45, 7) is 4.77. The molecule has 0 spiro atoms. The maximum atomic E-state index is 12.9. The molecule has 180 valence electrons. The minimum Gasteiger partial charge on any atom is -0.342 e. The van der Waals surface area contributed by atoms with Crippen LogP contribution in [0.3, 0.4) is 0 Å². The van der Waals surface area contributed by atoms with E-state index in [0.717, 1.165) is 75.4 Å². The van der Waals surface area contributed by atoms with Crippen LogP contribution in [0.1, 0.15) is 71.5 Å². The van der Waals surface area contributed by atoms with E-state index < -0.39 is 0 Å². The Hall–Kier alpha value is -2.17. The lowest BCUT2D eigenvalue weighted by atomic mass is 9.89. The van der Waals surface area contributed by atoms with Crippen molar-refractivity contribution >= 4 is 23.3 Å². The van der Waals surface area contributed by atoms with Gasteiger partial charge in [0.2, 0.25) is 5.91 Å². The molecule has 2 heterocycles. The quantitative estimate of drug-likeness (QED) is 0.492. The minimum atomic E-state index is 0.244. The van der Waals surface area contributed by atoms with Crippen LogP contribution in [0, 0.1) is 5.92 Å². The first kappa shape index (κ1) is 23.6. The molecule has 0 unspecified atom stereocenters. The normalized spacial score (nSPS) is 19.5. The summed E-state index contributed by atoms with van der Waals surface area (Å²) in [7, 11) is 0. The highest BCUT2D eigenvalue weighted by atomic mass is 35.5. The van der Waals surface area contributed by atoms with Crippen LogP contribution in [-0.2, 0) is 17.6 Å². The molecule has 3 aliphatic rings. The molecule has 1 saturated heterocycles. The summed E-state index contributed by atoms with van der Waals surface area (Å²) in [5.41, 5.74) is 4.78. The predicted octanol–water partition coefficient (Wildman–Crippen LogP) is 5.52. The Morgan fingerprint density at radius 1 is 0.853 bits per heavy atom. The molecule has 1 amide bonds. The first-order valence-corrected chi connectivity index (χ1v) is 13.4. The Morgan fingerprint density at radius 3 is 2.26 bits per heavy atom. The Balaban J connectivity index is 1.07. The van der Waals surface area contributed by atoms with Crippen LogP contribution in [0.15, 0.2) is 42.5 Å². The van der Waals surface area contributed by atoms with Crippen molar-refractivity contribution in [3.05, 3.63) is 69.7 Å². The lowest BCUT2D eigenvalue weighted by Crippen LogP contribution is -2.34. The van der Waals surface area contributed by atoms with Crippen molar-refractivity contribution in [3.8, 4) is 0 Å². The maximum absolute atomic E-state index is 12.9. The van der Waals surface area contributed by atoms with Gasteiger partial charge in [-0.3, -0.25) is 9.59 Å². The second-order valence-electron chi connectivity index (χ2n) is 10.3. The summed E-state index contributed by atoms with van der Waals surface area (Å²) in [5, 5.41) is 0.797. The van der Waals surface area contributed by atoms with Crippen LogP contribution in [-0.4, -0.2) is 54.2 Å². The highest BCUT2D eigenvalue weighted by molar-refractivity contribution is 6.30. The van der Waals surface area contributed by atoms with Crippen LogP contribution < -0.4 is 0 Å². The second-order valence-corrected chi connectivity index (χ2v) is 10.7. The molecule has 2 aliphatic heterocycles. The number of halogens is 1. The number of Topliss-reactive ketones (excluding diaryl/α,β-unsaturated/α-hetero) is 1. The smallest absolute Gasteiger partial charge is 0.225 e. The number of amides is 1. The van der Waals surface area contributed by atoms with E-state index in [0.29, 0.717) is 18.2 Å². The Labute approximate surface area is 208 Å². The van der Waals surface area contributed by atoms with Crippen molar-refractivity contribution in [2.45, 2.75) is 57.3 Å². The number of benzene rings is 2. The monoisotopic (exact) mass is 478 g/mol. The van der Waals surface area contributed by atoms with Gasteiger partial charge in [-0.05, 0) is 105 Å². The van der Waals surface area contributed by atoms with Crippen LogP contribution in [0.4, 0.5) is 0 Å². The lowest BCUT2D eigenvalue weighted by molar-refractivity contribution is -0.132. The van der Waals surface area contributed by atoms with E-state index in [-0.39, 0.29) is 11.7 Å². The first-order chi connectivity index (χ1) is 16.6. The highest BCUT2D eigenvalue weighted by Gasteiger charge is 2.33. The number of carbonyl (C=O) groups excluding carboxylic acids is 2. The number of fused-ring (bicyclic) bond motifs is 1. The molecular formula is C29H35ClN2O2. The van der Waals surface area contributed by atoms with E-state index in [4.69, 9.17) is 11.6 Å². The van der Waals surface area contributed by atoms with Gasteiger partial charge in [-0.2, -0.15) is 0 Å². The van der Waals surface area contributed by atoms with Crippen molar-refractivity contribution in [1.82, 2.24) is 9.80 Å². The average molecular weight is 479 g/mol. The number of nitrogens with zero attached hydrogens (tertiary/aromatic N) is 2. The van der Waals surface area contributed by atoms with Gasteiger partial charge in [0.15, 0.2) is 5.78 Å². The van der Waals surface area contributed by atoms with E-state index in [9.17, 15) is 9.59 Å². The third-order valence-electron chi connectivity index (χ3n) is 7.88. The molecule has 5 rings (SSSR count). The van der Waals surface area contributed by atoms with Gasteiger partial charge in [0.1, 0.15) is 0 Å². The largest absolute Gasteiger partial charge is 0.342 e.